The second kappa shape index (κ2) is 5.90. The first-order valence-corrected chi connectivity index (χ1v) is 6.62. The van der Waals surface area contributed by atoms with Crippen LogP contribution in [0.25, 0.3) is 0 Å². The molecule has 0 aliphatic carbocycles. The highest BCUT2D eigenvalue weighted by Gasteiger charge is 2.31. The molecule has 2 aliphatic heterocycles. The van der Waals surface area contributed by atoms with Crippen molar-refractivity contribution in [2.45, 2.75) is 44.2 Å². The van der Waals surface area contributed by atoms with E-state index in [-0.39, 0.29) is 30.4 Å². The van der Waals surface area contributed by atoms with Gasteiger partial charge in [0.05, 0.1) is 12.5 Å². The number of aliphatic carboxylic acids is 1. The van der Waals surface area contributed by atoms with Crippen LogP contribution in [0, 0.1) is 0 Å². The summed E-state index contributed by atoms with van der Waals surface area (Å²) in [5.41, 5.74) is 0. The first-order valence-electron chi connectivity index (χ1n) is 6.62. The Morgan fingerprint density at radius 3 is 2.84 bits per heavy atom. The number of nitrogens with one attached hydrogen (secondary N) is 2. The highest BCUT2D eigenvalue weighted by atomic mass is 16.4. The maximum Gasteiger partial charge on any atom is 0.317 e. The Kier molecular flexibility index (Phi) is 4.24. The van der Waals surface area contributed by atoms with Crippen molar-refractivity contribution in [3.63, 3.8) is 0 Å². The molecule has 106 valence electrons. The Hall–Kier alpha value is -1.79. The summed E-state index contributed by atoms with van der Waals surface area (Å²) in [5, 5.41) is 14.3. The van der Waals surface area contributed by atoms with E-state index in [0.29, 0.717) is 19.5 Å². The Labute approximate surface area is 111 Å². The summed E-state index contributed by atoms with van der Waals surface area (Å²) >= 11 is 0. The molecule has 0 radical (unpaired) electrons. The average Bonchev–Trinajstić information content (AvgIpc) is 2.74. The molecule has 2 fully saturated rings. The summed E-state index contributed by atoms with van der Waals surface area (Å²) in [7, 11) is 0. The Balaban J connectivity index is 1.91. The number of urea groups is 1. The van der Waals surface area contributed by atoms with Crippen LogP contribution in [0.15, 0.2) is 0 Å². The van der Waals surface area contributed by atoms with Crippen LogP contribution in [0.1, 0.15) is 32.1 Å². The van der Waals surface area contributed by atoms with Gasteiger partial charge in [-0.3, -0.25) is 9.59 Å². The van der Waals surface area contributed by atoms with Crippen molar-refractivity contribution in [1.29, 1.82) is 0 Å². The van der Waals surface area contributed by atoms with Crippen LogP contribution in [-0.4, -0.2) is 53.1 Å². The van der Waals surface area contributed by atoms with Crippen LogP contribution in [0.4, 0.5) is 4.79 Å². The minimum absolute atomic E-state index is 0.0186. The predicted octanol–water partition coefficient (Wildman–Crippen LogP) is -0.0863. The quantitative estimate of drug-likeness (QED) is 0.667. The van der Waals surface area contributed by atoms with E-state index in [0.717, 1.165) is 19.3 Å². The van der Waals surface area contributed by atoms with Crippen LogP contribution in [0.5, 0.6) is 0 Å². The van der Waals surface area contributed by atoms with Crippen LogP contribution in [-0.2, 0) is 9.59 Å². The van der Waals surface area contributed by atoms with E-state index in [1.165, 1.54) is 0 Å². The van der Waals surface area contributed by atoms with Crippen molar-refractivity contribution >= 4 is 17.9 Å². The zero-order valence-corrected chi connectivity index (χ0v) is 10.7. The van der Waals surface area contributed by atoms with Crippen LogP contribution in [0.2, 0.25) is 0 Å². The number of nitrogens with zero attached hydrogens (tertiary/aromatic N) is 1. The number of rotatable bonds is 3. The Morgan fingerprint density at radius 1 is 1.42 bits per heavy atom. The Bertz CT molecular complexity index is 385. The maximum absolute atomic E-state index is 12.1. The van der Waals surface area contributed by atoms with Gasteiger partial charge in [-0.05, 0) is 19.3 Å². The van der Waals surface area contributed by atoms with E-state index in [4.69, 9.17) is 5.11 Å². The first kappa shape index (κ1) is 13.6. The molecule has 2 saturated heterocycles. The van der Waals surface area contributed by atoms with Crippen molar-refractivity contribution in [3.8, 4) is 0 Å². The topological polar surface area (TPSA) is 98.7 Å². The molecule has 3 amide bonds. The zero-order chi connectivity index (χ0) is 13.8. The largest absolute Gasteiger partial charge is 0.481 e. The fourth-order valence-corrected chi connectivity index (χ4v) is 2.65. The third-order valence-electron chi connectivity index (χ3n) is 3.60. The number of piperidine rings is 1. The molecule has 0 aromatic rings. The number of carboxylic acid groups (broad SMARTS) is 1. The number of amides is 3. The van der Waals surface area contributed by atoms with Crippen molar-refractivity contribution in [1.82, 2.24) is 15.5 Å². The van der Waals surface area contributed by atoms with Gasteiger partial charge in [0, 0.05) is 25.6 Å². The number of hydrogen-bond donors (Lipinski definition) is 3. The smallest absolute Gasteiger partial charge is 0.317 e. The molecule has 0 bridgehead atoms. The minimum Gasteiger partial charge on any atom is -0.481 e. The van der Waals surface area contributed by atoms with Crippen molar-refractivity contribution in [2.75, 3.05) is 13.1 Å². The van der Waals surface area contributed by atoms with Gasteiger partial charge in [0.1, 0.15) is 0 Å². The molecule has 0 saturated carbocycles. The van der Waals surface area contributed by atoms with Crippen molar-refractivity contribution in [3.05, 3.63) is 0 Å². The third kappa shape index (κ3) is 3.59. The summed E-state index contributed by atoms with van der Waals surface area (Å²) in [6.45, 7) is 1.03. The first-order chi connectivity index (χ1) is 9.06. The fourth-order valence-electron chi connectivity index (χ4n) is 2.65. The number of likely N-dealkylation sites (tertiary alicyclic amines) is 1. The molecule has 2 rings (SSSR count). The standard InChI is InChI=1S/C12H19N3O4/c16-10-5-8(7-13-10)14-12(19)15-4-2-1-3-9(15)6-11(17)18/h8-9H,1-7H2,(H,13,16)(H,14,19)(H,17,18). The van der Waals surface area contributed by atoms with Crippen molar-refractivity contribution < 1.29 is 19.5 Å². The van der Waals surface area contributed by atoms with Crippen LogP contribution >= 0.6 is 0 Å². The van der Waals surface area contributed by atoms with E-state index in [9.17, 15) is 14.4 Å². The lowest BCUT2D eigenvalue weighted by Gasteiger charge is -2.35. The van der Waals surface area contributed by atoms with Crippen LogP contribution in [0.3, 0.4) is 0 Å². The van der Waals surface area contributed by atoms with E-state index in [2.05, 4.69) is 10.6 Å². The summed E-state index contributed by atoms with van der Waals surface area (Å²) < 4.78 is 0. The fraction of sp³-hybridized carbons (Fsp3) is 0.750. The van der Waals surface area contributed by atoms with Gasteiger partial charge in [-0.2, -0.15) is 0 Å². The minimum atomic E-state index is -0.887. The molecule has 2 heterocycles. The SMILES string of the molecule is O=C(O)CC1CCCCN1C(=O)NC1CNC(=O)C1. The lowest BCUT2D eigenvalue weighted by Crippen LogP contribution is -2.52. The maximum atomic E-state index is 12.1. The van der Waals surface area contributed by atoms with Gasteiger partial charge in [-0.15, -0.1) is 0 Å². The Morgan fingerprint density at radius 2 is 2.21 bits per heavy atom. The number of carbonyl (C=O) groups is 3. The lowest BCUT2D eigenvalue weighted by atomic mass is 10.00. The van der Waals surface area contributed by atoms with E-state index in [1.807, 2.05) is 0 Å². The van der Waals surface area contributed by atoms with Gasteiger partial charge >= 0.3 is 12.0 Å². The summed E-state index contributed by atoms with van der Waals surface area (Å²) in [4.78, 5) is 35.6. The summed E-state index contributed by atoms with van der Waals surface area (Å²) in [5.74, 6) is -0.951. The van der Waals surface area contributed by atoms with E-state index >= 15 is 0 Å². The molecule has 3 N–H and O–H groups in total. The van der Waals surface area contributed by atoms with Gasteiger partial charge in [0.25, 0.3) is 0 Å². The highest BCUT2D eigenvalue weighted by Crippen LogP contribution is 2.20. The predicted molar refractivity (Wildman–Crippen MR) is 66.5 cm³/mol. The molecule has 2 aliphatic rings. The van der Waals surface area contributed by atoms with E-state index in [1.54, 1.807) is 4.90 Å². The van der Waals surface area contributed by atoms with Gasteiger partial charge in [0.15, 0.2) is 0 Å². The molecule has 2 atom stereocenters. The third-order valence-corrected chi connectivity index (χ3v) is 3.60. The van der Waals surface area contributed by atoms with Gasteiger partial charge in [0.2, 0.25) is 5.91 Å². The second-order valence-electron chi connectivity index (χ2n) is 5.10. The number of hydrogen-bond acceptors (Lipinski definition) is 3. The van der Waals surface area contributed by atoms with Gasteiger partial charge in [-0.1, -0.05) is 0 Å². The summed E-state index contributed by atoms with van der Waals surface area (Å²) in [6, 6.07) is -0.684. The zero-order valence-electron chi connectivity index (χ0n) is 10.7. The molecule has 2 unspecified atom stereocenters. The van der Waals surface area contributed by atoms with Crippen molar-refractivity contribution in [2.24, 2.45) is 0 Å². The molecular weight excluding hydrogens is 250 g/mol. The average molecular weight is 269 g/mol. The second-order valence-corrected chi connectivity index (χ2v) is 5.10. The molecular formula is C12H19N3O4. The lowest BCUT2D eigenvalue weighted by molar-refractivity contribution is -0.138. The normalized spacial score (nSPS) is 26.9. The van der Waals surface area contributed by atoms with Crippen LogP contribution < -0.4 is 10.6 Å². The number of carboxylic acids is 1. The molecule has 0 aromatic heterocycles. The summed E-state index contributed by atoms with van der Waals surface area (Å²) in [6.07, 6.45) is 2.84. The van der Waals surface area contributed by atoms with E-state index < -0.39 is 5.97 Å². The molecule has 19 heavy (non-hydrogen) atoms. The number of carbonyl (C=O) groups excluding carboxylic acids is 2. The molecule has 7 nitrogen and oxygen atoms in total. The van der Waals surface area contributed by atoms with Gasteiger partial charge in [-0.25, -0.2) is 4.79 Å². The molecule has 0 aromatic carbocycles. The highest BCUT2D eigenvalue weighted by molar-refractivity contribution is 5.81. The monoisotopic (exact) mass is 269 g/mol. The van der Waals surface area contributed by atoms with Gasteiger partial charge < -0.3 is 20.6 Å². The molecule has 0 spiro atoms. The molecule has 7 heteroatoms.